The van der Waals surface area contributed by atoms with Gasteiger partial charge in [0.05, 0.1) is 16.6 Å². The van der Waals surface area contributed by atoms with Crippen molar-refractivity contribution in [3.8, 4) is 0 Å². The molecule has 162 valence electrons. The van der Waals surface area contributed by atoms with E-state index in [4.69, 9.17) is 21.4 Å². The number of hydrogen-bond acceptors (Lipinski definition) is 4. The fourth-order valence-electron chi connectivity index (χ4n) is 3.44. The Hall–Kier alpha value is -2.09. The van der Waals surface area contributed by atoms with Gasteiger partial charge in [-0.3, -0.25) is 4.31 Å². The number of anilines is 1. The van der Waals surface area contributed by atoms with Crippen molar-refractivity contribution in [2.45, 2.75) is 43.0 Å². The molecule has 0 saturated heterocycles. The number of benzene rings is 2. The van der Waals surface area contributed by atoms with Gasteiger partial charge in [0.1, 0.15) is 6.61 Å². The highest BCUT2D eigenvalue weighted by molar-refractivity contribution is 7.86. The first-order chi connectivity index (χ1) is 14.6. The molecule has 0 bridgehead atoms. The molecule has 1 aliphatic heterocycles. The molecule has 1 amide bonds. The average molecular weight is 451 g/mol. The Bertz CT molecular complexity index is 862. The summed E-state index contributed by atoms with van der Waals surface area (Å²) in [7, 11) is -1.45. The van der Waals surface area contributed by atoms with E-state index in [1.807, 2.05) is 28.6 Å². The van der Waals surface area contributed by atoms with Gasteiger partial charge in [0, 0.05) is 18.2 Å². The van der Waals surface area contributed by atoms with Crippen LogP contribution in [0.4, 0.5) is 10.5 Å². The number of nitrogens with zero attached hydrogens (tertiary/aromatic N) is 1. The van der Waals surface area contributed by atoms with Crippen LogP contribution in [0.5, 0.6) is 0 Å². The molecule has 2 unspecified atom stereocenters. The molecule has 3 rings (SSSR count). The summed E-state index contributed by atoms with van der Waals surface area (Å²) in [5.74, 6) is 0. The monoisotopic (exact) mass is 450 g/mol. The van der Waals surface area contributed by atoms with Gasteiger partial charge in [-0.05, 0) is 68.0 Å². The zero-order chi connectivity index (χ0) is 21.3. The second kappa shape index (κ2) is 11.3. The van der Waals surface area contributed by atoms with Crippen LogP contribution in [0.25, 0.3) is 0 Å². The van der Waals surface area contributed by atoms with Crippen LogP contribution in [0, 0.1) is 0 Å². The molecule has 2 aromatic rings. The maximum absolute atomic E-state index is 13.4. The molecule has 0 aromatic heterocycles. The van der Waals surface area contributed by atoms with Crippen LogP contribution in [-0.2, 0) is 22.1 Å². The van der Waals surface area contributed by atoms with Crippen LogP contribution in [0.15, 0.2) is 53.4 Å². The maximum Gasteiger partial charge on any atom is 0.407 e. The molecule has 0 saturated carbocycles. The fourth-order valence-corrected chi connectivity index (χ4v) is 4.96. The van der Waals surface area contributed by atoms with Crippen LogP contribution in [0.2, 0.25) is 5.02 Å². The van der Waals surface area contributed by atoms with Gasteiger partial charge in [-0.25, -0.2) is 9.00 Å². The number of halogens is 1. The summed E-state index contributed by atoms with van der Waals surface area (Å²) in [5.41, 5.74) is 2.03. The van der Waals surface area contributed by atoms with Gasteiger partial charge in [0.25, 0.3) is 0 Å². The van der Waals surface area contributed by atoms with Gasteiger partial charge in [0.15, 0.2) is 11.0 Å². The normalized spacial score (nSPS) is 16.6. The van der Waals surface area contributed by atoms with E-state index < -0.39 is 17.1 Å². The summed E-state index contributed by atoms with van der Waals surface area (Å²) in [6.07, 6.45) is 3.46. The second-order valence-electron chi connectivity index (χ2n) is 7.16. The first kappa shape index (κ1) is 22.6. The number of fused-ring (bicyclic) bond motifs is 1. The van der Waals surface area contributed by atoms with Gasteiger partial charge >= 0.3 is 6.09 Å². The molecule has 0 aliphatic carbocycles. The quantitative estimate of drug-likeness (QED) is 0.564. The third-order valence-electron chi connectivity index (χ3n) is 5.01. The van der Waals surface area contributed by atoms with E-state index in [9.17, 15) is 9.00 Å². The number of amides is 1. The molecular formula is C22H27ClN2O4S. The Morgan fingerprint density at radius 1 is 1.17 bits per heavy atom. The highest BCUT2D eigenvalue weighted by Gasteiger charge is 2.32. The molecule has 2 N–H and O–H groups in total. The lowest BCUT2D eigenvalue weighted by molar-refractivity contribution is 0.138. The van der Waals surface area contributed by atoms with Crippen molar-refractivity contribution >= 4 is 34.4 Å². The molecule has 0 fully saturated rings. The molecule has 30 heavy (non-hydrogen) atoms. The number of carbonyl (C=O) groups is 1. The van der Waals surface area contributed by atoms with E-state index in [0.29, 0.717) is 16.5 Å². The van der Waals surface area contributed by atoms with Gasteiger partial charge < -0.3 is 15.2 Å². The number of hydrogen-bond donors (Lipinski definition) is 2. The van der Waals surface area contributed by atoms with Crippen LogP contribution >= 0.6 is 11.6 Å². The molecule has 1 heterocycles. The van der Waals surface area contributed by atoms with Crippen molar-refractivity contribution < 1.29 is 18.8 Å². The van der Waals surface area contributed by atoms with Crippen LogP contribution in [0.1, 0.15) is 31.2 Å². The Balaban J connectivity index is 1.67. The SMILES string of the molecule is O=C(NCCCCCO)OCC1CCc2ccccc2N1S(=O)c1ccc(Cl)cc1. The predicted octanol–water partition coefficient (Wildman–Crippen LogP) is 4.07. The lowest BCUT2D eigenvalue weighted by Crippen LogP contribution is -2.44. The predicted molar refractivity (Wildman–Crippen MR) is 119 cm³/mol. The number of unbranched alkanes of at least 4 members (excludes halogenated alkanes) is 2. The smallest absolute Gasteiger partial charge is 0.407 e. The average Bonchev–Trinajstić information content (AvgIpc) is 2.77. The summed E-state index contributed by atoms with van der Waals surface area (Å²) in [4.78, 5) is 12.7. The minimum atomic E-state index is -1.45. The Kier molecular flexibility index (Phi) is 8.54. The van der Waals surface area contributed by atoms with Crippen LogP contribution in [-0.4, -0.2) is 41.2 Å². The number of aryl methyl sites for hydroxylation is 1. The molecule has 2 aromatic carbocycles. The topological polar surface area (TPSA) is 78.9 Å². The number of carbonyl (C=O) groups excluding carboxylic acids is 1. The van der Waals surface area contributed by atoms with Gasteiger partial charge in [-0.2, -0.15) is 0 Å². The molecule has 1 aliphatic rings. The van der Waals surface area contributed by atoms with Crippen molar-refractivity contribution in [1.29, 1.82) is 0 Å². The number of alkyl carbamates (subject to hydrolysis) is 1. The number of nitrogens with one attached hydrogen (secondary N) is 1. The van der Waals surface area contributed by atoms with E-state index >= 15 is 0 Å². The van der Waals surface area contributed by atoms with Crippen LogP contribution < -0.4 is 9.62 Å². The lowest BCUT2D eigenvalue weighted by atomic mass is 9.98. The third-order valence-corrected chi connectivity index (χ3v) is 6.79. The number of para-hydroxylation sites is 1. The van der Waals surface area contributed by atoms with E-state index in [2.05, 4.69) is 5.32 Å². The van der Waals surface area contributed by atoms with Crippen molar-refractivity contribution in [3.63, 3.8) is 0 Å². The third kappa shape index (κ3) is 5.97. The zero-order valence-electron chi connectivity index (χ0n) is 16.8. The number of ether oxygens (including phenoxy) is 1. The van der Waals surface area contributed by atoms with Crippen molar-refractivity contribution in [2.24, 2.45) is 0 Å². The first-order valence-electron chi connectivity index (χ1n) is 10.2. The molecule has 0 radical (unpaired) electrons. The Labute approximate surface area is 184 Å². The molecule has 2 atom stereocenters. The number of aliphatic hydroxyl groups excluding tert-OH is 1. The summed E-state index contributed by atoms with van der Waals surface area (Å²) in [6, 6.07) is 14.7. The molecule has 8 heteroatoms. The largest absolute Gasteiger partial charge is 0.447 e. The van der Waals surface area contributed by atoms with E-state index in [1.54, 1.807) is 24.3 Å². The van der Waals surface area contributed by atoms with Crippen molar-refractivity contribution in [3.05, 3.63) is 59.1 Å². The van der Waals surface area contributed by atoms with Crippen molar-refractivity contribution in [1.82, 2.24) is 5.32 Å². The number of rotatable bonds is 9. The summed E-state index contributed by atoms with van der Waals surface area (Å²) in [5, 5.41) is 12.1. The summed E-state index contributed by atoms with van der Waals surface area (Å²) >= 11 is 5.98. The van der Waals surface area contributed by atoms with Gasteiger partial charge in [-0.1, -0.05) is 29.8 Å². The van der Waals surface area contributed by atoms with Crippen LogP contribution in [0.3, 0.4) is 0 Å². The van der Waals surface area contributed by atoms with E-state index in [1.165, 1.54) is 0 Å². The zero-order valence-corrected chi connectivity index (χ0v) is 18.3. The first-order valence-corrected chi connectivity index (χ1v) is 11.6. The minimum absolute atomic E-state index is 0.149. The highest BCUT2D eigenvalue weighted by Crippen LogP contribution is 2.34. The standard InChI is InChI=1S/C22H27ClN2O4S/c23-18-9-12-20(13-10-18)30(28)25-19(11-8-17-6-2-3-7-21(17)25)16-29-22(27)24-14-4-1-5-15-26/h2-3,6-7,9-10,12-13,19,26H,1,4-5,8,11,14-16H2,(H,24,27). The van der Waals surface area contributed by atoms with Gasteiger partial charge in [0.2, 0.25) is 0 Å². The van der Waals surface area contributed by atoms with Crippen molar-refractivity contribution in [2.75, 3.05) is 24.1 Å². The lowest BCUT2D eigenvalue weighted by Gasteiger charge is -2.37. The number of aliphatic hydroxyl groups is 1. The molecule has 6 nitrogen and oxygen atoms in total. The maximum atomic E-state index is 13.4. The summed E-state index contributed by atoms with van der Waals surface area (Å²) < 4.78 is 20.7. The Morgan fingerprint density at radius 2 is 1.93 bits per heavy atom. The summed E-state index contributed by atoms with van der Waals surface area (Å²) in [6.45, 7) is 0.817. The van der Waals surface area contributed by atoms with E-state index in [-0.39, 0.29) is 19.3 Å². The van der Waals surface area contributed by atoms with E-state index in [0.717, 1.165) is 43.4 Å². The molecular weight excluding hydrogens is 424 g/mol. The van der Waals surface area contributed by atoms with Gasteiger partial charge in [-0.15, -0.1) is 0 Å². The second-order valence-corrected chi connectivity index (χ2v) is 8.96. The Morgan fingerprint density at radius 3 is 2.70 bits per heavy atom. The minimum Gasteiger partial charge on any atom is -0.447 e. The molecule has 0 spiro atoms. The highest BCUT2D eigenvalue weighted by atomic mass is 35.5. The fraction of sp³-hybridized carbons (Fsp3) is 0.409.